The molecule has 0 amide bonds. The molecule has 0 aliphatic rings. The number of pyridine rings is 1. The lowest BCUT2D eigenvalue weighted by Gasteiger charge is -2.12. The first kappa shape index (κ1) is 12.0. The Labute approximate surface area is 104 Å². The van der Waals surface area contributed by atoms with E-state index in [1.165, 1.54) is 6.20 Å². The summed E-state index contributed by atoms with van der Waals surface area (Å²) in [5.74, 6) is -0.367. The minimum absolute atomic E-state index is 0.367. The average Bonchev–Trinajstić information content (AvgIpc) is 2.32. The molecule has 2 nitrogen and oxygen atoms in total. The van der Waals surface area contributed by atoms with Gasteiger partial charge in [0.15, 0.2) is 0 Å². The molecule has 0 saturated carbocycles. The van der Waals surface area contributed by atoms with Crippen LogP contribution in [-0.4, -0.2) is 4.98 Å². The Morgan fingerprint density at radius 3 is 2.59 bits per heavy atom. The fourth-order valence-corrected chi connectivity index (χ4v) is 1.80. The van der Waals surface area contributed by atoms with Crippen molar-refractivity contribution in [3.8, 4) is 0 Å². The molecule has 1 aromatic heterocycles. The number of hydrogen-bond donors (Lipinski definition) is 1. The van der Waals surface area contributed by atoms with Crippen LogP contribution in [0.2, 0.25) is 5.02 Å². The van der Waals surface area contributed by atoms with E-state index in [1.807, 2.05) is 12.1 Å². The molecule has 0 aliphatic carbocycles. The van der Waals surface area contributed by atoms with E-state index in [2.05, 4.69) is 4.98 Å². The quantitative estimate of drug-likeness (QED) is 0.909. The van der Waals surface area contributed by atoms with Crippen molar-refractivity contribution in [2.24, 2.45) is 5.73 Å². The SMILES string of the molecule is NC(Cc1ccc(Cl)cc1)c1ccncc1F. The van der Waals surface area contributed by atoms with Crippen molar-refractivity contribution >= 4 is 11.6 Å². The number of nitrogens with two attached hydrogens (primary N) is 1. The van der Waals surface area contributed by atoms with Crippen LogP contribution in [0.25, 0.3) is 0 Å². The molecule has 2 N–H and O–H groups in total. The summed E-state index contributed by atoms with van der Waals surface area (Å²) in [5, 5.41) is 0.678. The predicted octanol–water partition coefficient (Wildman–Crippen LogP) is 3.12. The summed E-state index contributed by atoms with van der Waals surface area (Å²) < 4.78 is 13.4. The molecule has 2 aromatic rings. The number of hydrogen-bond acceptors (Lipinski definition) is 2. The molecule has 1 aromatic carbocycles. The fourth-order valence-electron chi connectivity index (χ4n) is 1.67. The van der Waals surface area contributed by atoms with Crippen LogP contribution >= 0.6 is 11.6 Å². The fraction of sp³-hybridized carbons (Fsp3) is 0.154. The highest BCUT2D eigenvalue weighted by atomic mass is 35.5. The molecule has 2 rings (SSSR count). The maximum atomic E-state index is 13.4. The van der Waals surface area contributed by atoms with Crippen molar-refractivity contribution in [2.75, 3.05) is 0 Å². The molecule has 4 heteroatoms. The Balaban J connectivity index is 2.14. The van der Waals surface area contributed by atoms with Crippen molar-refractivity contribution < 1.29 is 4.39 Å². The predicted molar refractivity (Wildman–Crippen MR) is 66.3 cm³/mol. The van der Waals surface area contributed by atoms with Gasteiger partial charge in [0, 0.05) is 22.8 Å². The molecule has 0 spiro atoms. The van der Waals surface area contributed by atoms with Crippen molar-refractivity contribution in [1.82, 2.24) is 4.98 Å². The zero-order valence-corrected chi connectivity index (χ0v) is 9.86. The Kier molecular flexibility index (Phi) is 3.71. The Hall–Kier alpha value is -1.45. The molecular formula is C13H12ClFN2. The van der Waals surface area contributed by atoms with Crippen LogP contribution in [0.3, 0.4) is 0 Å². The van der Waals surface area contributed by atoms with Gasteiger partial charge in [-0.15, -0.1) is 0 Å². The Morgan fingerprint density at radius 1 is 1.24 bits per heavy atom. The molecule has 1 heterocycles. The van der Waals surface area contributed by atoms with Gasteiger partial charge in [0.1, 0.15) is 5.82 Å². The van der Waals surface area contributed by atoms with Crippen LogP contribution in [-0.2, 0) is 6.42 Å². The van der Waals surface area contributed by atoms with Crippen LogP contribution in [0.1, 0.15) is 17.2 Å². The average molecular weight is 251 g/mol. The summed E-state index contributed by atoms with van der Waals surface area (Å²) in [7, 11) is 0. The highest BCUT2D eigenvalue weighted by Gasteiger charge is 2.11. The second-order valence-corrected chi connectivity index (χ2v) is 4.27. The van der Waals surface area contributed by atoms with Gasteiger partial charge in [-0.3, -0.25) is 4.98 Å². The van der Waals surface area contributed by atoms with E-state index in [9.17, 15) is 4.39 Å². The van der Waals surface area contributed by atoms with Crippen LogP contribution in [0, 0.1) is 5.82 Å². The van der Waals surface area contributed by atoms with Gasteiger partial charge in [-0.25, -0.2) is 4.39 Å². The maximum Gasteiger partial charge on any atom is 0.146 e. The van der Waals surface area contributed by atoms with Crippen molar-refractivity contribution in [1.29, 1.82) is 0 Å². The smallest absolute Gasteiger partial charge is 0.146 e. The second kappa shape index (κ2) is 5.25. The topological polar surface area (TPSA) is 38.9 Å². The molecule has 1 atom stereocenters. The largest absolute Gasteiger partial charge is 0.324 e. The summed E-state index contributed by atoms with van der Waals surface area (Å²) >= 11 is 5.79. The van der Waals surface area contributed by atoms with E-state index >= 15 is 0 Å². The number of rotatable bonds is 3. The molecule has 0 aliphatic heterocycles. The van der Waals surface area contributed by atoms with E-state index in [4.69, 9.17) is 17.3 Å². The van der Waals surface area contributed by atoms with Gasteiger partial charge < -0.3 is 5.73 Å². The van der Waals surface area contributed by atoms with Gasteiger partial charge >= 0.3 is 0 Å². The van der Waals surface area contributed by atoms with E-state index in [0.717, 1.165) is 5.56 Å². The first-order valence-corrected chi connectivity index (χ1v) is 5.64. The zero-order chi connectivity index (χ0) is 12.3. The first-order chi connectivity index (χ1) is 8.16. The number of halogens is 2. The zero-order valence-electron chi connectivity index (χ0n) is 9.11. The van der Waals surface area contributed by atoms with Gasteiger partial charge in [-0.1, -0.05) is 23.7 Å². The van der Waals surface area contributed by atoms with Crippen molar-refractivity contribution in [2.45, 2.75) is 12.5 Å². The highest BCUT2D eigenvalue weighted by molar-refractivity contribution is 6.30. The van der Waals surface area contributed by atoms with Crippen molar-refractivity contribution in [3.05, 3.63) is 64.7 Å². The lowest BCUT2D eigenvalue weighted by atomic mass is 10.0. The van der Waals surface area contributed by atoms with Crippen LogP contribution in [0.5, 0.6) is 0 Å². The third-order valence-corrected chi connectivity index (χ3v) is 2.82. The minimum atomic E-state index is -0.376. The third kappa shape index (κ3) is 3.02. The Morgan fingerprint density at radius 2 is 1.94 bits per heavy atom. The van der Waals surface area contributed by atoms with Crippen LogP contribution in [0.4, 0.5) is 4.39 Å². The van der Waals surface area contributed by atoms with Gasteiger partial charge in [0.2, 0.25) is 0 Å². The van der Waals surface area contributed by atoms with E-state index < -0.39 is 0 Å². The lowest BCUT2D eigenvalue weighted by molar-refractivity contribution is 0.574. The number of nitrogens with zero attached hydrogens (tertiary/aromatic N) is 1. The molecule has 0 radical (unpaired) electrons. The van der Waals surface area contributed by atoms with E-state index in [0.29, 0.717) is 17.0 Å². The first-order valence-electron chi connectivity index (χ1n) is 5.26. The summed E-state index contributed by atoms with van der Waals surface area (Å²) in [6.45, 7) is 0. The molecule has 0 fully saturated rings. The molecule has 1 unspecified atom stereocenters. The standard InChI is InChI=1S/C13H12ClFN2/c14-10-3-1-9(2-4-10)7-13(16)11-5-6-17-8-12(11)15/h1-6,8,13H,7,16H2. The summed E-state index contributed by atoms with van der Waals surface area (Å²) in [5.41, 5.74) is 7.47. The molecule has 17 heavy (non-hydrogen) atoms. The molecule has 88 valence electrons. The van der Waals surface area contributed by atoms with Crippen LogP contribution < -0.4 is 5.73 Å². The van der Waals surface area contributed by atoms with Crippen LogP contribution in [0.15, 0.2) is 42.7 Å². The minimum Gasteiger partial charge on any atom is -0.324 e. The van der Waals surface area contributed by atoms with E-state index in [1.54, 1.807) is 24.4 Å². The summed E-state index contributed by atoms with van der Waals surface area (Å²) in [4.78, 5) is 3.70. The Bertz CT molecular complexity index is 499. The van der Waals surface area contributed by atoms with E-state index in [-0.39, 0.29) is 11.9 Å². The number of aromatic nitrogens is 1. The monoisotopic (exact) mass is 250 g/mol. The third-order valence-electron chi connectivity index (χ3n) is 2.57. The second-order valence-electron chi connectivity index (χ2n) is 3.83. The normalized spacial score (nSPS) is 12.4. The van der Waals surface area contributed by atoms with Gasteiger partial charge in [0.05, 0.1) is 6.20 Å². The summed E-state index contributed by atoms with van der Waals surface area (Å²) in [6, 6.07) is 8.61. The highest BCUT2D eigenvalue weighted by Crippen LogP contribution is 2.19. The summed E-state index contributed by atoms with van der Waals surface area (Å²) in [6.07, 6.45) is 3.29. The van der Waals surface area contributed by atoms with Gasteiger partial charge in [-0.2, -0.15) is 0 Å². The molecule has 0 saturated heterocycles. The molecule has 0 bridgehead atoms. The lowest BCUT2D eigenvalue weighted by Crippen LogP contribution is -2.15. The van der Waals surface area contributed by atoms with Gasteiger partial charge in [-0.05, 0) is 30.2 Å². The number of benzene rings is 1. The van der Waals surface area contributed by atoms with Crippen molar-refractivity contribution in [3.63, 3.8) is 0 Å². The van der Waals surface area contributed by atoms with Gasteiger partial charge in [0.25, 0.3) is 0 Å². The maximum absolute atomic E-state index is 13.4. The molecular weight excluding hydrogens is 239 g/mol.